The van der Waals surface area contributed by atoms with Crippen LogP contribution < -0.4 is 15.4 Å². The topological polar surface area (TPSA) is 72.5 Å². The molecule has 0 atom stereocenters. The van der Waals surface area contributed by atoms with Crippen molar-refractivity contribution in [1.82, 2.24) is 4.98 Å². The summed E-state index contributed by atoms with van der Waals surface area (Å²) >= 11 is 0. The Labute approximate surface area is 190 Å². The number of nitrogens with one attached hydrogen (secondary N) is 2. The Morgan fingerprint density at radius 2 is 1.75 bits per heavy atom. The molecular formula is C26H31N3O3. The number of aromatic nitrogens is 1. The zero-order valence-corrected chi connectivity index (χ0v) is 19.6. The number of nitrogens with zero attached hydrogens (tertiary/aromatic N) is 1. The first kappa shape index (κ1) is 23.1. The number of benzene rings is 2. The van der Waals surface area contributed by atoms with E-state index in [1.54, 1.807) is 13.3 Å². The summed E-state index contributed by atoms with van der Waals surface area (Å²) < 4.78 is 10.9. The molecule has 0 fully saturated rings. The molecule has 6 nitrogen and oxygen atoms in total. The van der Waals surface area contributed by atoms with Crippen molar-refractivity contribution < 1.29 is 14.3 Å². The van der Waals surface area contributed by atoms with Crippen molar-refractivity contribution in [2.75, 3.05) is 31.4 Å². The van der Waals surface area contributed by atoms with Crippen molar-refractivity contribution in [2.24, 2.45) is 0 Å². The maximum atomic E-state index is 12.8. The fourth-order valence-corrected chi connectivity index (χ4v) is 3.83. The first-order valence-corrected chi connectivity index (χ1v) is 10.8. The van der Waals surface area contributed by atoms with Gasteiger partial charge >= 0.3 is 5.97 Å². The van der Waals surface area contributed by atoms with Crippen molar-refractivity contribution >= 4 is 17.5 Å². The van der Waals surface area contributed by atoms with E-state index in [1.807, 2.05) is 56.3 Å². The number of hydrogen-bond acceptors (Lipinski definition) is 6. The first-order valence-electron chi connectivity index (χ1n) is 10.8. The van der Waals surface area contributed by atoms with Crippen LogP contribution in [0.4, 0.5) is 11.5 Å². The highest BCUT2D eigenvalue weighted by atomic mass is 16.5. The summed E-state index contributed by atoms with van der Waals surface area (Å²) in [5.41, 5.74) is 5.74. The smallest absolute Gasteiger partial charge is 0.338 e. The monoisotopic (exact) mass is 433 g/mol. The van der Waals surface area contributed by atoms with Crippen LogP contribution in [0.25, 0.3) is 22.3 Å². The average Bonchev–Trinajstić information content (AvgIpc) is 2.79. The molecule has 6 heteroatoms. The average molecular weight is 434 g/mol. The van der Waals surface area contributed by atoms with Crippen molar-refractivity contribution in [1.29, 1.82) is 0 Å². The van der Waals surface area contributed by atoms with Crippen LogP contribution in [-0.4, -0.2) is 37.8 Å². The highest BCUT2D eigenvalue weighted by molar-refractivity contribution is 6.01. The Morgan fingerprint density at radius 1 is 1.06 bits per heavy atom. The Kier molecular flexibility index (Phi) is 7.36. The summed E-state index contributed by atoms with van der Waals surface area (Å²) in [6, 6.07) is 14.1. The molecule has 0 unspecified atom stereocenters. The van der Waals surface area contributed by atoms with E-state index in [1.165, 1.54) is 7.11 Å². The van der Waals surface area contributed by atoms with Crippen LogP contribution in [0, 0.1) is 6.92 Å². The Hall–Kier alpha value is -3.54. The van der Waals surface area contributed by atoms with Crippen LogP contribution in [0.1, 0.15) is 36.7 Å². The van der Waals surface area contributed by atoms with E-state index in [-0.39, 0.29) is 0 Å². The minimum absolute atomic E-state index is 0.343. The molecule has 3 rings (SSSR count). The van der Waals surface area contributed by atoms with Gasteiger partial charge in [0.05, 0.1) is 19.8 Å². The molecule has 32 heavy (non-hydrogen) atoms. The number of ether oxygens (including phenoxy) is 2. The number of carbonyl (C=O) groups excluding carboxylic acids is 1. The van der Waals surface area contributed by atoms with Crippen LogP contribution in [0.2, 0.25) is 0 Å². The van der Waals surface area contributed by atoms with E-state index in [0.717, 1.165) is 45.9 Å². The standard InChI is InChI=1S/C26H31N3O3/c1-7-27-23-13-10-19(15-28-23)24-17(4)25(31-5)21(14-22(24)26(30)32-6)18-8-11-20(12-9-18)29-16(2)3/h8-16,29H,7H2,1-6H3,(H,27,28). The third-order valence-corrected chi connectivity index (χ3v) is 5.19. The molecule has 0 spiro atoms. The van der Waals surface area contributed by atoms with Crippen molar-refractivity contribution in [3.8, 4) is 28.0 Å². The summed E-state index contributed by atoms with van der Waals surface area (Å²) in [4.78, 5) is 17.3. The number of carbonyl (C=O) groups is 1. The maximum Gasteiger partial charge on any atom is 0.338 e. The third kappa shape index (κ3) is 4.85. The molecule has 0 saturated heterocycles. The Bertz CT molecular complexity index is 1070. The Morgan fingerprint density at radius 3 is 2.28 bits per heavy atom. The second-order valence-electron chi connectivity index (χ2n) is 7.84. The van der Waals surface area contributed by atoms with Gasteiger partial charge in [0, 0.05) is 46.7 Å². The lowest BCUT2D eigenvalue weighted by Crippen LogP contribution is -2.09. The molecule has 0 aliphatic carbocycles. The van der Waals surface area contributed by atoms with Gasteiger partial charge in [-0.3, -0.25) is 0 Å². The van der Waals surface area contributed by atoms with Crippen LogP contribution >= 0.6 is 0 Å². The number of methoxy groups -OCH3 is 2. The zero-order chi connectivity index (χ0) is 23.3. The molecule has 0 aliphatic rings. The van der Waals surface area contributed by atoms with Crippen molar-refractivity contribution in [3.05, 3.63) is 59.8 Å². The normalized spacial score (nSPS) is 10.7. The lowest BCUT2D eigenvalue weighted by molar-refractivity contribution is 0.0601. The molecule has 168 valence electrons. The summed E-state index contributed by atoms with van der Waals surface area (Å²) in [6.45, 7) is 8.95. The fourth-order valence-electron chi connectivity index (χ4n) is 3.83. The second kappa shape index (κ2) is 10.2. The third-order valence-electron chi connectivity index (χ3n) is 5.19. The zero-order valence-electron chi connectivity index (χ0n) is 19.6. The minimum atomic E-state index is -0.402. The highest BCUT2D eigenvalue weighted by Crippen LogP contribution is 2.41. The summed E-state index contributed by atoms with van der Waals surface area (Å²) in [7, 11) is 3.04. The minimum Gasteiger partial charge on any atom is -0.496 e. The summed E-state index contributed by atoms with van der Waals surface area (Å²) in [6.07, 6.45) is 1.76. The van der Waals surface area contributed by atoms with Crippen molar-refractivity contribution in [2.45, 2.75) is 33.7 Å². The second-order valence-corrected chi connectivity index (χ2v) is 7.84. The molecule has 2 N–H and O–H groups in total. The molecule has 0 bridgehead atoms. The first-order chi connectivity index (χ1) is 15.4. The van der Waals surface area contributed by atoms with E-state index >= 15 is 0 Å². The van der Waals surface area contributed by atoms with Gasteiger partial charge in [-0.1, -0.05) is 12.1 Å². The quantitative estimate of drug-likeness (QED) is 0.439. The van der Waals surface area contributed by atoms with Gasteiger partial charge in [0.15, 0.2) is 0 Å². The predicted molar refractivity (Wildman–Crippen MR) is 131 cm³/mol. The summed E-state index contributed by atoms with van der Waals surface area (Å²) in [5.74, 6) is 1.10. The molecule has 0 saturated carbocycles. The van der Waals surface area contributed by atoms with Gasteiger partial charge in [0.25, 0.3) is 0 Å². The molecule has 1 aromatic heterocycles. The van der Waals surface area contributed by atoms with Crippen LogP contribution in [0.3, 0.4) is 0 Å². The SMILES string of the molecule is CCNc1ccc(-c2c(C(=O)OC)cc(-c3ccc(NC(C)C)cc3)c(OC)c2C)cn1. The maximum absolute atomic E-state index is 12.8. The highest BCUT2D eigenvalue weighted by Gasteiger charge is 2.23. The van der Waals surface area contributed by atoms with E-state index in [9.17, 15) is 4.79 Å². The van der Waals surface area contributed by atoms with Gasteiger partial charge in [-0.2, -0.15) is 0 Å². The van der Waals surface area contributed by atoms with Crippen LogP contribution in [0.5, 0.6) is 5.75 Å². The van der Waals surface area contributed by atoms with Crippen LogP contribution in [0.15, 0.2) is 48.7 Å². The molecule has 3 aromatic rings. The van der Waals surface area contributed by atoms with Gasteiger partial charge in [0.1, 0.15) is 11.6 Å². The number of hydrogen-bond donors (Lipinski definition) is 2. The molecule has 0 aliphatic heterocycles. The molecule has 0 radical (unpaired) electrons. The van der Waals surface area contributed by atoms with Gasteiger partial charge in [0.2, 0.25) is 0 Å². The fraction of sp³-hybridized carbons (Fsp3) is 0.308. The number of rotatable bonds is 8. The lowest BCUT2D eigenvalue weighted by Gasteiger charge is -2.19. The number of anilines is 2. The van der Waals surface area contributed by atoms with Crippen LogP contribution in [-0.2, 0) is 4.74 Å². The van der Waals surface area contributed by atoms with Crippen molar-refractivity contribution in [3.63, 3.8) is 0 Å². The van der Waals surface area contributed by atoms with Gasteiger partial charge in [-0.15, -0.1) is 0 Å². The molecule has 0 amide bonds. The van der Waals surface area contributed by atoms with Gasteiger partial charge in [-0.05, 0) is 63.6 Å². The molecule has 1 heterocycles. The van der Waals surface area contributed by atoms with Gasteiger partial charge < -0.3 is 20.1 Å². The van der Waals surface area contributed by atoms with E-state index in [2.05, 4.69) is 29.5 Å². The van der Waals surface area contributed by atoms with Gasteiger partial charge in [-0.25, -0.2) is 9.78 Å². The largest absolute Gasteiger partial charge is 0.496 e. The summed E-state index contributed by atoms with van der Waals surface area (Å²) in [5, 5.41) is 6.57. The lowest BCUT2D eigenvalue weighted by atomic mass is 9.90. The molecular weight excluding hydrogens is 402 g/mol. The number of esters is 1. The van der Waals surface area contributed by atoms with E-state index in [0.29, 0.717) is 17.4 Å². The molecule has 2 aromatic carbocycles. The number of pyridine rings is 1. The van der Waals surface area contributed by atoms with E-state index in [4.69, 9.17) is 9.47 Å². The Balaban J connectivity index is 2.16. The van der Waals surface area contributed by atoms with E-state index < -0.39 is 5.97 Å². The predicted octanol–water partition coefficient (Wildman–Crippen LogP) is 5.77.